The van der Waals surface area contributed by atoms with Gasteiger partial charge in [0.25, 0.3) is 0 Å². The molecule has 0 bridgehead atoms. The SMILES string of the molecule is CC(C)(C)C1CCC(O)C(CN2CCCC2(C)C)C1. The van der Waals surface area contributed by atoms with Crippen molar-refractivity contribution in [1.82, 2.24) is 4.90 Å². The Morgan fingerprint density at radius 2 is 1.89 bits per heavy atom. The number of rotatable bonds is 2. The fourth-order valence-corrected chi connectivity index (χ4v) is 4.02. The van der Waals surface area contributed by atoms with Crippen LogP contribution in [0.3, 0.4) is 0 Å². The van der Waals surface area contributed by atoms with Crippen molar-refractivity contribution in [2.45, 2.75) is 78.4 Å². The minimum atomic E-state index is -0.0741. The Morgan fingerprint density at radius 3 is 2.42 bits per heavy atom. The molecule has 0 aromatic rings. The van der Waals surface area contributed by atoms with Crippen molar-refractivity contribution in [3.63, 3.8) is 0 Å². The van der Waals surface area contributed by atoms with Crippen LogP contribution < -0.4 is 0 Å². The summed E-state index contributed by atoms with van der Waals surface area (Å²) >= 11 is 0. The molecule has 3 atom stereocenters. The lowest BCUT2D eigenvalue weighted by molar-refractivity contribution is -0.00547. The summed E-state index contributed by atoms with van der Waals surface area (Å²) in [6.07, 6.45) is 5.95. The fourth-order valence-electron chi connectivity index (χ4n) is 4.02. The first-order chi connectivity index (χ1) is 8.70. The lowest BCUT2D eigenvalue weighted by atomic mass is 9.68. The maximum atomic E-state index is 10.4. The number of nitrogens with zero attached hydrogens (tertiary/aromatic N) is 1. The largest absolute Gasteiger partial charge is 0.393 e. The highest BCUT2D eigenvalue weighted by Gasteiger charge is 2.39. The minimum absolute atomic E-state index is 0.0741. The summed E-state index contributed by atoms with van der Waals surface area (Å²) in [5.74, 6) is 1.25. The van der Waals surface area contributed by atoms with Gasteiger partial charge in [0.2, 0.25) is 0 Å². The van der Waals surface area contributed by atoms with E-state index in [1.807, 2.05) is 0 Å². The van der Waals surface area contributed by atoms with Crippen LogP contribution in [-0.4, -0.2) is 34.7 Å². The van der Waals surface area contributed by atoms with Gasteiger partial charge in [-0.2, -0.15) is 0 Å². The van der Waals surface area contributed by atoms with E-state index in [9.17, 15) is 5.11 Å². The molecule has 1 aliphatic heterocycles. The van der Waals surface area contributed by atoms with E-state index in [2.05, 4.69) is 39.5 Å². The molecule has 1 saturated heterocycles. The highest BCUT2D eigenvalue weighted by atomic mass is 16.3. The normalized spacial score (nSPS) is 36.6. The zero-order valence-corrected chi connectivity index (χ0v) is 13.6. The number of aliphatic hydroxyl groups is 1. The van der Waals surface area contributed by atoms with E-state index in [0.717, 1.165) is 18.9 Å². The Hall–Kier alpha value is -0.0800. The molecule has 2 heteroatoms. The molecule has 0 aromatic heterocycles. The van der Waals surface area contributed by atoms with Crippen molar-refractivity contribution in [2.75, 3.05) is 13.1 Å². The summed E-state index contributed by atoms with van der Waals surface area (Å²) in [6, 6.07) is 0. The standard InChI is InChI=1S/C17H33NO/c1-16(2,3)14-7-8-15(19)13(11-14)12-18-10-6-9-17(18,4)5/h13-15,19H,6-12H2,1-5H3. The minimum Gasteiger partial charge on any atom is -0.393 e. The third-order valence-corrected chi connectivity index (χ3v) is 5.69. The zero-order valence-electron chi connectivity index (χ0n) is 13.6. The Kier molecular flexibility index (Phi) is 4.32. The van der Waals surface area contributed by atoms with E-state index in [-0.39, 0.29) is 6.10 Å². The van der Waals surface area contributed by atoms with Gasteiger partial charge in [0.1, 0.15) is 0 Å². The van der Waals surface area contributed by atoms with E-state index in [0.29, 0.717) is 16.9 Å². The summed E-state index contributed by atoms with van der Waals surface area (Å²) in [5.41, 5.74) is 0.729. The highest BCUT2D eigenvalue weighted by molar-refractivity contribution is 4.92. The van der Waals surface area contributed by atoms with Crippen LogP contribution in [0.4, 0.5) is 0 Å². The molecule has 0 amide bonds. The summed E-state index contributed by atoms with van der Waals surface area (Å²) in [5, 5.41) is 10.4. The van der Waals surface area contributed by atoms with Gasteiger partial charge in [0.15, 0.2) is 0 Å². The van der Waals surface area contributed by atoms with Crippen molar-refractivity contribution in [3.05, 3.63) is 0 Å². The Balaban J connectivity index is 1.98. The summed E-state index contributed by atoms with van der Waals surface area (Å²) in [6.45, 7) is 14.1. The third kappa shape index (κ3) is 3.52. The first kappa shape index (κ1) is 15.3. The van der Waals surface area contributed by atoms with Crippen molar-refractivity contribution in [1.29, 1.82) is 0 Å². The molecule has 112 valence electrons. The number of aliphatic hydroxyl groups excluding tert-OH is 1. The van der Waals surface area contributed by atoms with Crippen molar-refractivity contribution < 1.29 is 5.11 Å². The maximum absolute atomic E-state index is 10.4. The van der Waals surface area contributed by atoms with Gasteiger partial charge < -0.3 is 5.11 Å². The molecule has 19 heavy (non-hydrogen) atoms. The van der Waals surface area contributed by atoms with Crippen LogP contribution >= 0.6 is 0 Å². The van der Waals surface area contributed by atoms with Crippen LogP contribution in [0, 0.1) is 17.3 Å². The van der Waals surface area contributed by atoms with E-state index >= 15 is 0 Å². The van der Waals surface area contributed by atoms with Gasteiger partial charge in [-0.25, -0.2) is 0 Å². The molecular formula is C17H33NO. The lowest BCUT2D eigenvalue weighted by Crippen LogP contribution is -2.46. The molecule has 3 unspecified atom stereocenters. The molecule has 1 N–H and O–H groups in total. The van der Waals surface area contributed by atoms with Crippen molar-refractivity contribution in [3.8, 4) is 0 Å². The van der Waals surface area contributed by atoms with Crippen LogP contribution in [0.1, 0.15) is 66.7 Å². The molecular weight excluding hydrogens is 234 g/mol. The average molecular weight is 267 g/mol. The molecule has 0 spiro atoms. The zero-order chi connectivity index (χ0) is 14.3. The number of hydrogen-bond acceptors (Lipinski definition) is 2. The third-order valence-electron chi connectivity index (χ3n) is 5.69. The molecule has 2 fully saturated rings. The Labute approximate surface area is 119 Å². The smallest absolute Gasteiger partial charge is 0.0580 e. The van der Waals surface area contributed by atoms with Crippen LogP contribution in [0.5, 0.6) is 0 Å². The molecule has 0 radical (unpaired) electrons. The van der Waals surface area contributed by atoms with Crippen molar-refractivity contribution in [2.24, 2.45) is 17.3 Å². The molecule has 2 rings (SSSR count). The first-order valence-electron chi connectivity index (χ1n) is 8.13. The average Bonchev–Trinajstić information content (AvgIpc) is 2.60. The summed E-state index contributed by atoms with van der Waals surface area (Å²) in [7, 11) is 0. The van der Waals surface area contributed by atoms with Crippen molar-refractivity contribution >= 4 is 0 Å². The monoisotopic (exact) mass is 267 g/mol. The fraction of sp³-hybridized carbons (Fsp3) is 1.00. The van der Waals surface area contributed by atoms with Crippen LogP contribution in [0.25, 0.3) is 0 Å². The van der Waals surface area contributed by atoms with Crippen LogP contribution in [-0.2, 0) is 0 Å². The van der Waals surface area contributed by atoms with Crippen LogP contribution in [0.15, 0.2) is 0 Å². The second-order valence-corrected chi connectivity index (χ2v) is 8.57. The van der Waals surface area contributed by atoms with Gasteiger partial charge in [-0.15, -0.1) is 0 Å². The molecule has 2 aliphatic rings. The Morgan fingerprint density at radius 1 is 1.21 bits per heavy atom. The van der Waals surface area contributed by atoms with E-state index < -0.39 is 0 Å². The predicted octanol–water partition coefficient (Wildman–Crippen LogP) is 3.68. The second kappa shape index (κ2) is 5.37. The molecule has 2 nitrogen and oxygen atoms in total. The molecule has 1 heterocycles. The first-order valence-corrected chi connectivity index (χ1v) is 8.13. The topological polar surface area (TPSA) is 23.5 Å². The van der Waals surface area contributed by atoms with E-state index in [4.69, 9.17) is 0 Å². The predicted molar refractivity (Wildman–Crippen MR) is 81.2 cm³/mol. The van der Waals surface area contributed by atoms with E-state index in [1.165, 1.54) is 32.2 Å². The quantitative estimate of drug-likeness (QED) is 0.825. The van der Waals surface area contributed by atoms with Crippen LogP contribution in [0.2, 0.25) is 0 Å². The summed E-state index contributed by atoms with van der Waals surface area (Å²) in [4.78, 5) is 2.62. The Bertz CT molecular complexity index is 305. The lowest BCUT2D eigenvalue weighted by Gasteiger charge is -2.43. The van der Waals surface area contributed by atoms with Gasteiger partial charge >= 0.3 is 0 Å². The van der Waals surface area contributed by atoms with Gasteiger partial charge in [-0.1, -0.05) is 20.8 Å². The molecule has 0 aromatic carbocycles. The highest BCUT2D eigenvalue weighted by Crippen LogP contribution is 2.41. The van der Waals surface area contributed by atoms with Gasteiger partial charge in [0, 0.05) is 12.1 Å². The number of likely N-dealkylation sites (tertiary alicyclic amines) is 1. The van der Waals surface area contributed by atoms with Gasteiger partial charge in [-0.3, -0.25) is 4.90 Å². The van der Waals surface area contributed by atoms with Gasteiger partial charge in [-0.05, 0) is 69.7 Å². The molecule has 1 saturated carbocycles. The number of hydrogen-bond donors (Lipinski definition) is 1. The second-order valence-electron chi connectivity index (χ2n) is 8.57. The maximum Gasteiger partial charge on any atom is 0.0580 e. The van der Waals surface area contributed by atoms with Gasteiger partial charge in [0.05, 0.1) is 6.10 Å². The molecule has 1 aliphatic carbocycles. The summed E-state index contributed by atoms with van der Waals surface area (Å²) < 4.78 is 0. The van der Waals surface area contributed by atoms with E-state index in [1.54, 1.807) is 0 Å².